The number of aromatic hydroxyl groups is 2. The molecule has 0 spiro atoms. The Kier molecular flexibility index (Phi) is 4.51. The van der Waals surface area contributed by atoms with Crippen LogP contribution in [0.1, 0.15) is 10.4 Å². The number of primary amides is 1. The van der Waals surface area contributed by atoms with E-state index in [2.05, 4.69) is 5.10 Å². The number of hydrogen-bond acceptors (Lipinski definition) is 6. The van der Waals surface area contributed by atoms with Gasteiger partial charge < -0.3 is 20.7 Å². The van der Waals surface area contributed by atoms with Crippen molar-refractivity contribution in [2.75, 3.05) is 0 Å². The minimum absolute atomic E-state index is 0.0211. The molecule has 0 saturated carbocycles. The fourth-order valence-electron chi connectivity index (χ4n) is 2.23. The molecule has 26 heavy (non-hydrogen) atoms. The number of amides is 1. The standard InChI is InChI=1S/C17H12ClN3O5/c18-12-6-10(13(22)7-14(12)23)15-11(8-21(20-15)17(19)25)16(24)26-9-4-2-1-3-5-9/h1-8,22-23H,(H2,19,25). The van der Waals surface area contributed by atoms with Gasteiger partial charge in [-0.25, -0.2) is 9.59 Å². The van der Waals surface area contributed by atoms with Crippen LogP contribution in [0.3, 0.4) is 0 Å². The molecule has 4 N–H and O–H groups in total. The van der Waals surface area contributed by atoms with Crippen LogP contribution in [0, 0.1) is 0 Å². The number of carbonyl (C=O) groups excluding carboxylic acids is 2. The number of esters is 1. The highest BCUT2D eigenvalue weighted by Crippen LogP contribution is 2.38. The van der Waals surface area contributed by atoms with Gasteiger partial charge in [0, 0.05) is 11.6 Å². The quantitative estimate of drug-likeness (QED) is 0.478. The fraction of sp³-hybridized carbons (Fsp3) is 0. The zero-order chi connectivity index (χ0) is 18.8. The van der Waals surface area contributed by atoms with Crippen LogP contribution in [0.15, 0.2) is 48.7 Å². The van der Waals surface area contributed by atoms with Gasteiger partial charge in [0.1, 0.15) is 28.5 Å². The summed E-state index contributed by atoms with van der Waals surface area (Å²) in [7, 11) is 0. The zero-order valence-corrected chi connectivity index (χ0v) is 13.8. The van der Waals surface area contributed by atoms with E-state index in [-0.39, 0.29) is 33.3 Å². The smallest absolute Gasteiger partial charge is 0.347 e. The number of benzene rings is 2. The Morgan fingerprint density at radius 1 is 1.12 bits per heavy atom. The first-order valence-electron chi connectivity index (χ1n) is 7.25. The second kappa shape index (κ2) is 6.77. The third kappa shape index (κ3) is 3.31. The van der Waals surface area contributed by atoms with E-state index in [9.17, 15) is 19.8 Å². The highest BCUT2D eigenvalue weighted by molar-refractivity contribution is 6.32. The normalized spacial score (nSPS) is 10.5. The molecule has 8 nitrogen and oxygen atoms in total. The Labute approximate surface area is 152 Å². The second-order valence-corrected chi connectivity index (χ2v) is 5.60. The Morgan fingerprint density at radius 3 is 2.46 bits per heavy atom. The van der Waals surface area contributed by atoms with Crippen LogP contribution >= 0.6 is 11.6 Å². The maximum absolute atomic E-state index is 12.5. The van der Waals surface area contributed by atoms with E-state index in [0.29, 0.717) is 0 Å². The van der Waals surface area contributed by atoms with E-state index >= 15 is 0 Å². The van der Waals surface area contributed by atoms with Crippen molar-refractivity contribution < 1.29 is 24.5 Å². The molecule has 0 saturated heterocycles. The van der Waals surface area contributed by atoms with Gasteiger partial charge in [0.25, 0.3) is 0 Å². The summed E-state index contributed by atoms with van der Waals surface area (Å²) in [5, 5.41) is 23.5. The van der Waals surface area contributed by atoms with E-state index in [1.54, 1.807) is 30.3 Å². The van der Waals surface area contributed by atoms with Crippen molar-refractivity contribution in [3.63, 3.8) is 0 Å². The SMILES string of the molecule is NC(=O)n1cc(C(=O)Oc2ccccc2)c(-c2cc(Cl)c(O)cc2O)n1. The molecule has 0 atom stereocenters. The molecule has 0 aliphatic rings. The van der Waals surface area contributed by atoms with E-state index in [1.165, 1.54) is 6.07 Å². The van der Waals surface area contributed by atoms with E-state index < -0.39 is 17.7 Å². The van der Waals surface area contributed by atoms with Gasteiger partial charge in [-0.1, -0.05) is 29.8 Å². The molecular weight excluding hydrogens is 362 g/mol. The van der Waals surface area contributed by atoms with Gasteiger partial charge in [0.05, 0.1) is 11.2 Å². The van der Waals surface area contributed by atoms with Crippen LogP contribution in [0.4, 0.5) is 4.79 Å². The predicted octanol–water partition coefficient (Wildman–Crippen LogP) is 2.76. The summed E-state index contributed by atoms with van der Waals surface area (Å²) < 4.78 is 5.97. The van der Waals surface area contributed by atoms with Crippen LogP contribution in [0.25, 0.3) is 11.3 Å². The van der Waals surface area contributed by atoms with Gasteiger partial charge in [0.2, 0.25) is 0 Å². The van der Waals surface area contributed by atoms with Gasteiger partial charge in [-0.2, -0.15) is 9.78 Å². The molecule has 0 aliphatic heterocycles. The summed E-state index contributed by atoms with van der Waals surface area (Å²) in [6.45, 7) is 0. The van der Waals surface area contributed by atoms with Crippen LogP contribution in [-0.2, 0) is 0 Å². The lowest BCUT2D eigenvalue weighted by Gasteiger charge is -2.07. The van der Waals surface area contributed by atoms with Crippen molar-refractivity contribution in [1.29, 1.82) is 0 Å². The van der Waals surface area contributed by atoms with Crippen molar-refractivity contribution in [3.05, 3.63) is 59.2 Å². The first kappa shape index (κ1) is 17.3. The highest BCUT2D eigenvalue weighted by atomic mass is 35.5. The van der Waals surface area contributed by atoms with Gasteiger partial charge in [0.15, 0.2) is 0 Å². The molecule has 0 radical (unpaired) electrons. The Bertz CT molecular complexity index is 1000. The molecule has 1 amide bonds. The van der Waals surface area contributed by atoms with Crippen molar-refractivity contribution in [3.8, 4) is 28.5 Å². The molecule has 1 heterocycles. The Balaban J connectivity index is 2.09. The largest absolute Gasteiger partial charge is 0.507 e. The lowest BCUT2D eigenvalue weighted by atomic mass is 10.1. The van der Waals surface area contributed by atoms with Crippen molar-refractivity contribution in [2.45, 2.75) is 0 Å². The molecule has 3 aromatic rings. The van der Waals surface area contributed by atoms with Crippen molar-refractivity contribution in [1.82, 2.24) is 9.78 Å². The number of rotatable bonds is 3. The fourth-order valence-corrected chi connectivity index (χ4v) is 2.39. The molecule has 2 aromatic carbocycles. The van der Waals surface area contributed by atoms with Gasteiger partial charge in [-0.15, -0.1) is 0 Å². The summed E-state index contributed by atoms with van der Waals surface area (Å²) >= 11 is 5.86. The number of phenols is 2. The molecule has 9 heteroatoms. The molecule has 0 bridgehead atoms. The monoisotopic (exact) mass is 373 g/mol. The van der Waals surface area contributed by atoms with E-state index in [1.807, 2.05) is 0 Å². The average Bonchev–Trinajstić information content (AvgIpc) is 3.04. The minimum Gasteiger partial charge on any atom is -0.507 e. The number of hydrogen-bond donors (Lipinski definition) is 3. The number of phenolic OH excluding ortho intramolecular Hbond substituents is 2. The maximum Gasteiger partial charge on any atom is 0.347 e. The lowest BCUT2D eigenvalue weighted by molar-refractivity contribution is 0.0735. The van der Waals surface area contributed by atoms with E-state index in [4.69, 9.17) is 22.1 Å². The summed E-state index contributed by atoms with van der Waals surface area (Å²) in [5.74, 6) is -1.28. The minimum atomic E-state index is -0.936. The van der Waals surface area contributed by atoms with Crippen molar-refractivity contribution >= 4 is 23.6 Å². The summed E-state index contributed by atoms with van der Waals surface area (Å²) in [5.41, 5.74) is 5.02. The summed E-state index contributed by atoms with van der Waals surface area (Å²) in [6, 6.07) is 9.53. The van der Waals surface area contributed by atoms with Gasteiger partial charge in [-0.05, 0) is 18.2 Å². The molecular formula is C17H12ClN3O5. The third-order valence-electron chi connectivity index (χ3n) is 3.43. The predicted molar refractivity (Wildman–Crippen MR) is 92.4 cm³/mol. The second-order valence-electron chi connectivity index (χ2n) is 5.20. The molecule has 132 valence electrons. The third-order valence-corrected chi connectivity index (χ3v) is 3.74. The van der Waals surface area contributed by atoms with Gasteiger partial charge in [-0.3, -0.25) is 0 Å². The number of carbonyl (C=O) groups is 2. The number of aromatic nitrogens is 2. The average molecular weight is 374 g/mol. The van der Waals surface area contributed by atoms with E-state index in [0.717, 1.165) is 16.9 Å². The molecule has 0 aliphatic carbocycles. The van der Waals surface area contributed by atoms with Crippen LogP contribution in [0.5, 0.6) is 17.2 Å². The Hall–Kier alpha value is -3.52. The summed E-state index contributed by atoms with van der Waals surface area (Å²) in [6.07, 6.45) is 1.09. The first-order valence-corrected chi connectivity index (χ1v) is 7.63. The van der Waals surface area contributed by atoms with Crippen LogP contribution in [0.2, 0.25) is 5.02 Å². The molecule has 3 rings (SSSR count). The molecule has 0 unspecified atom stereocenters. The van der Waals surface area contributed by atoms with Crippen LogP contribution < -0.4 is 10.5 Å². The highest BCUT2D eigenvalue weighted by Gasteiger charge is 2.24. The summed E-state index contributed by atoms with van der Waals surface area (Å²) in [4.78, 5) is 23.9. The number of halogens is 1. The zero-order valence-electron chi connectivity index (χ0n) is 13.1. The molecule has 1 aromatic heterocycles. The lowest BCUT2D eigenvalue weighted by Crippen LogP contribution is -2.20. The Morgan fingerprint density at radius 2 is 1.81 bits per heavy atom. The molecule has 0 fully saturated rings. The maximum atomic E-state index is 12.5. The van der Waals surface area contributed by atoms with Crippen LogP contribution in [-0.4, -0.2) is 32.0 Å². The van der Waals surface area contributed by atoms with Gasteiger partial charge >= 0.3 is 12.0 Å². The number of ether oxygens (including phenoxy) is 1. The number of nitrogens with two attached hydrogens (primary N) is 1. The number of para-hydroxylation sites is 1. The topological polar surface area (TPSA) is 128 Å². The number of nitrogens with zero attached hydrogens (tertiary/aromatic N) is 2. The first-order chi connectivity index (χ1) is 12.4. The van der Waals surface area contributed by atoms with Crippen molar-refractivity contribution in [2.24, 2.45) is 5.73 Å².